The van der Waals surface area contributed by atoms with Crippen molar-refractivity contribution in [1.29, 1.82) is 0 Å². The van der Waals surface area contributed by atoms with Crippen LogP contribution in [0.5, 0.6) is 5.75 Å². The van der Waals surface area contributed by atoms with Gasteiger partial charge in [-0.05, 0) is 19.4 Å². The summed E-state index contributed by atoms with van der Waals surface area (Å²) in [6, 6.07) is 4.17. The summed E-state index contributed by atoms with van der Waals surface area (Å²) in [6.45, 7) is 2.45. The molecule has 0 amide bonds. The fraction of sp³-hybridized carbons (Fsp3) is 0.538. The monoisotopic (exact) mass is 277 g/mol. The van der Waals surface area contributed by atoms with Crippen molar-refractivity contribution >= 4 is 5.69 Å². The second kappa shape index (κ2) is 6.14. The standard InChI is InChI=1S/C13H18F3NO2/c1-3-6-17(8-13(14,15)16)10-4-5-11(9(2)18)12(19)7-10/h4-5,7,9,18-19H,3,6,8H2,1-2H3. The zero-order valence-electron chi connectivity index (χ0n) is 10.9. The van der Waals surface area contributed by atoms with Crippen LogP contribution < -0.4 is 4.90 Å². The van der Waals surface area contributed by atoms with E-state index in [9.17, 15) is 23.4 Å². The SMILES string of the molecule is CCCN(CC(F)(F)F)c1ccc(C(C)O)c(O)c1. The van der Waals surface area contributed by atoms with Gasteiger partial charge in [0, 0.05) is 23.9 Å². The van der Waals surface area contributed by atoms with Gasteiger partial charge in [-0.25, -0.2) is 0 Å². The van der Waals surface area contributed by atoms with E-state index in [2.05, 4.69) is 0 Å². The van der Waals surface area contributed by atoms with E-state index in [4.69, 9.17) is 0 Å². The van der Waals surface area contributed by atoms with E-state index in [1.54, 1.807) is 6.92 Å². The number of aliphatic hydroxyl groups is 1. The highest BCUT2D eigenvalue weighted by atomic mass is 19.4. The van der Waals surface area contributed by atoms with Crippen LogP contribution in [0.1, 0.15) is 31.9 Å². The number of nitrogens with zero attached hydrogens (tertiary/aromatic N) is 1. The van der Waals surface area contributed by atoms with Crippen LogP contribution >= 0.6 is 0 Å². The number of hydrogen-bond donors (Lipinski definition) is 2. The smallest absolute Gasteiger partial charge is 0.405 e. The number of benzene rings is 1. The Morgan fingerprint density at radius 1 is 1.32 bits per heavy atom. The van der Waals surface area contributed by atoms with E-state index < -0.39 is 18.8 Å². The van der Waals surface area contributed by atoms with Gasteiger partial charge in [-0.3, -0.25) is 0 Å². The lowest BCUT2D eigenvalue weighted by Crippen LogP contribution is -2.34. The Morgan fingerprint density at radius 3 is 2.37 bits per heavy atom. The lowest BCUT2D eigenvalue weighted by Gasteiger charge is -2.26. The van der Waals surface area contributed by atoms with Gasteiger partial charge in [-0.15, -0.1) is 0 Å². The maximum absolute atomic E-state index is 12.5. The zero-order valence-corrected chi connectivity index (χ0v) is 10.9. The molecule has 19 heavy (non-hydrogen) atoms. The Morgan fingerprint density at radius 2 is 1.95 bits per heavy atom. The van der Waals surface area contributed by atoms with E-state index in [0.717, 1.165) is 4.90 Å². The molecule has 1 aromatic carbocycles. The average Bonchev–Trinajstić information content (AvgIpc) is 2.26. The normalized spacial score (nSPS) is 13.4. The van der Waals surface area contributed by atoms with Crippen LogP contribution in [0.2, 0.25) is 0 Å². The fourth-order valence-corrected chi connectivity index (χ4v) is 1.87. The molecule has 2 N–H and O–H groups in total. The summed E-state index contributed by atoms with van der Waals surface area (Å²) in [5.41, 5.74) is 0.591. The van der Waals surface area contributed by atoms with E-state index in [-0.39, 0.29) is 12.3 Å². The molecular formula is C13H18F3NO2. The summed E-state index contributed by atoms with van der Waals surface area (Å²) in [6.07, 6.45) is -4.60. The van der Waals surface area contributed by atoms with Crippen LogP contribution in [0.25, 0.3) is 0 Å². The van der Waals surface area contributed by atoms with Crippen molar-refractivity contribution in [3.63, 3.8) is 0 Å². The van der Waals surface area contributed by atoms with Gasteiger partial charge in [0.1, 0.15) is 12.3 Å². The van der Waals surface area contributed by atoms with E-state index in [0.29, 0.717) is 17.7 Å². The summed E-state index contributed by atoms with van der Waals surface area (Å²) in [5.74, 6) is -0.198. The summed E-state index contributed by atoms with van der Waals surface area (Å²) >= 11 is 0. The Bertz CT molecular complexity index is 419. The molecular weight excluding hydrogens is 259 g/mol. The molecule has 0 spiro atoms. The van der Waals surface area contributed by atoms with E-state index >= 15 is 0 Å². The van der Waals surface area contributed by atoms with Crippen LogP contribution in [0.15, 0.2) is 18.2 Å². The van der Waals surface area contributed by atoms with E-state index in [1.807, 2.05) is 0 Å². The number of rotatable bonds is 5. The molecule has 0 aliphatic rings. The Balaban J connectivity index is 3.00. The van der Waals surface area contributed by atoms with Gasteiger partial charge in [0.15, 0.2) is 0 Å². The first-order valence-electron chi connectivity index (χ1n) is 6.07. The summed E-state index contributed by atoms with van der Waals surface area (Å²) in [7, 11) is 0. The second-order valence-corrected chi connectivity index (χ2v) is 4.46. The summed E-state index contributed by atoms with van der Waals surface area (Å²) in [5, 5.41) is 19.1. The van der Waals surface area contributed by atoms with Gasteiger partial charge < -0.3 is 15.1 Å². The third-order valence-corrected chi connectivity index (χ3v) is 2.69. The number of alkyl halides is 3. The lowest BCUT2D eigenvalue weighted by atomic mass is 10.1. The lowest BCUT2D eigenvalue weighted by molar-refractivity contribution is -0.119. The largest absolute Gasteiger partial charge is 0.507 e. The number of halogens is 3. The van der Waals surface area contributed by atoms with Crippen LogP contribution in [0.3, 0.4) is 0 Å². The predicted octanol–water partition coefficient (Wildman–Crippen LogP) is 3.22. The Kier molecular flexibility index (Phi) is 5.05. The van der Waals surface area contributed by atoms with Crippen LogP contribution in [-0.4, -0.2) is 29.5 Å². The zero-order chi connectivity index (χ0) is 14.6. The third-order valence-electron chi connectivity index (χ3n) is 2.69. The maximum Gasteiger partial charge on any atom is 0.405 e. The van der Waals surface area contributed by atoms with E-state index in [1.165, 1.54) is 25.1 Å². The highest BCUT2D eigenvalue weighted by molar-refractivity contribution is 5.54. The molecule has 0 aliphatic carbocycles. The molecule has 0 saturated carbocycles. The van der Waals surface area contributed by atoms with Gasteiger partial charge in [0.2, 0.25) is 0 Å². The molecule has 1 rings (SSSR count). The molecule has 6 heteroatoms. The van der Waals surface area contributed by atoms with Gasteiger partial charge in [-0.2, -0.15) is 13.2 Å². The second-order valence-electron chi connectivity index (χ2n) is 4.46. The van der Waals surface area contributed by atoms with Crippen molar-refractivity contribution in [3.05, 3.63) is 23.8 Å². The number of phenols is 1. The molecule has 1 aromatic rings. The van der Waals surface area contributed by atoms with Crippen molar-refractivity contribution in [2.24, 2.45) is 0 Å². The van der Waals surface area contributed by atoms with Gasteiger partial charge in [0.25, 0.3) is 0 Å². The van der Waals surface area contributed by atoms with Crippen molar-refractivity contribution in [2.45, 2.75) is 32.5 Å². The molecule has 0 radical (unpaired) electrons. The Hall–Kier alpha value is -1.43. The van der Waals surface area contributed by atoms with Gasteiger partial charge >= 0.3 is 6.18 Å². The van der Waals surface area contributed by atoms with Crippen LogP contribution in [0.4, 0.5) is 18.9 Å². The Labute approximate surface area is 110 Å². The number of phenolic OH excluding ortho intramolecular Hbond substituents is 1. The van der Waals surface area contributed by atoms with Crippen LogP contribution in [-0.2, 0) is 0 Å². The summed E-state index contributed by atoms with van der Waals surface area (Å²) in [4.78, 5) is 1.16. The minimum Gasteiger partial charge on any atom is -0.507 e. The third kappa shape index (κ3) is 4.63. The molecule has 1 atom stereocenters. The molecule has 108 valence electrons. The first-order chi connectivity index (χ1) is 8.74. The fourth-order valence-electron chi connectivity index (χ4n) is 1.87. The van der Waals surface area contributed by atoms with Crippen molar-refractivity contribution < 1.29 is 23.4 Å². The molecule has 0 heterocycles. The average molecular weight is 277 g/mol. The van der Waals surface area contributed by atoms with Crippen LogP contribution in [0, 0.1) is 0 Å². The highest BCUT2D eigenvalue weighted by Gasteiger charge is 2.30. The molecule has 3 nitrogen and oxygen atoms in total. The molecule has 0 aliphatic heterocycles. The van der Waals surface area contributed by atoms with Crippen molar-refractivity contribution in [3.8, 4) is 5.75 Å². The number of aromatic hydroxyl groups is 1. The molecule has 1 unspecified atom stereocenters. The molecule has 0 aromatic heterocycles. The first-order valence-corrected chi connectivity index (χ1v) is 6.07. The van der Waals surface area contributed by atoms with Crippen molar-refractivity contribution in [1.82, 2.24) is 0 Å². The predicted molar refractivity (Wildman–Crippen MR) is 67.3 cm³/mol. The topological polar surface area (TPSA) is 43.7 Å². The number of anilines is 1. The minimum atomic E-state index is -4.30. The molecule has 0 bridgehead atoms. The van der Waals surface area contributed by atoms with Crippen molar-refractivity contribution in [2.75, 3.05) is 18.0 Å². The highest BCUT2D eigenvalue weighted by Crippen LogP contribution is 2.30. The summed E-state index contributed by atoms with van der Waals surface area (Å²) < 4.78 is 37.4. The number of aliphatic hydroxyl groups excluding tert-OH is 1. The van der Waals surface area contributed by atoms with Gasteiger partial charge in [0.05, 0.1) is 6.10 Å². The molecule has 0 fully saturated rings. The number of hydrogen-bond acceptors (Lipinski definition) is 3. The maximum atomic E-state index is 12.5. The first kappa shape index (κ1) is 15.6. The quantitative estimate of drug-likeness (QED) is 0.868. The minimum absolute atomic E-state index is 0.198. The molecule has 0 saturated heterocycles. The van der Waals surface area contributed by atoms with Gasteiger partial charge in [-0.1, -0.05) is 13.0 Å².